The summed E-state index contributed by atoms with van der Waals surface area (Å²) in [6.07, 6.45) is 1.15. The molecule has 0 radical (unpaired) electrons. The molecule has 12 nitrogen and oxygen atoms in total. The molecular formula is C24H20N6O6. The third kappa shape index (κ3) is 4.43. The number of nitrogens with two attached hydrogens (primary N) is 1. The van der Waals surface area contributed by atoms with Crippen LogP contribution in [0.15, 0.2) is 47.3 Å². The van der Waals surface area contributed by atoms with Crippen LogP contribution in [-0.4, -0.2) is 35.6 Å². The van der Waals surface area contributed by atoms with Gasteiger partial charge in [0.05, 0.1) is 47.0 Å². The second-order valence-corrected chi connectivity index (χ2v) is 7.48. The number of nitrogen functional groups attached to an aromatic ring is 1. The van der Waals surface area contributed by atoms with E-state index >= 15 is 0 Å². The van der Waals surface area contributed by atoms with Crippen molar-refractivity contribution in [2.45, 2.75) is 19.8 Å². The van der Waals surface area contributed by atoms with E-state index in [0.29, 0.717) is 0 Å². The van der Waals surface area contributed by atoms with Gasteiger partial charge in [-0.2, -0.15) is 10.5 Å². The van der Waals surface area contributed by atoms with Gasteiger partial charge in [-0.25, -0.2) is 14.6 Å². The number of methoxy groups -OCH3 is 1. The number of nitrogens with one attached hydrogen (secondary N) is 1. The number of hydrogen-bond donors (Lipinski definition) is 2. The van der Waals surface area contributed by atoms with Crippen LogP contribution in [0.25, 0.3) is 5.70 Å². The fraction of sp³-hybridized carbons (Fsp3) is 0.208. The van der Waals surface area contributed by atoms with Gasteiger partial charge in [0.2, 0.25) is 0 Å². The highest BCUT2D eigenvalue weighted by Crippen LogP contribution is 2.43. The highest BCUT2D eigenvalue weighted by atomic mass is 16.6. The van der Waals surface area contributed by atoms with Gasteiger partial charge in [-0.1, -0.05) is 12.1 Å². The Balaban J connectivity index is 2.49. The van der Waals surface area contributed by atoms with Gasteiger partial charge in [0.15, 0.2) is 0 Å². The highest BCUT2D eigenvalue weighted by molar-refractivity contribution is 6.06. The van der Waals surface area contributed by atoms with Gasteiger partial charge in [0.1, 0.15) is 23.5 Å². The fourth-order valence-corrected chi connectivity index (χ4v) is 3.97. The molecule has 1 aromatic heterocycles. The number of carbonyl (C=O) groups is 2. The first-order chi connectivity index (χ1) is 17.2. The number of hydrogen-bond acceptors (Lipinski definition) is 11. The van der Waals surface area contributed by atoms with E-state index < -0.39 is 22.8 Å². The van der Waals surface area contributed by atoms with Crippen molar-refractivity contribution in [1.29, 1.82) is 10.5 Å². The van der Waals surface area contributed by atoms with E-state index in [-0.39, 0.29) is 62.9 Å². The Morgan fingerprint density at radius 1 is 1.25 bits per heavy atom. The lowest BCUT2D eigenvalue weighted by Gasteiger charge is -2.32. The van der Waals surface area contributed by atoms with Crippen molar-refractivity contribution in [3.8, 4) is 12.1 Å². The summed E-state index contributed by atoms with van der Waals surface area (Å²) < 4.78 is 10.2. The van der Waals surface area contributed by atoms with Crippen LogP contribution in [0.3, 0.4) is 0 Å². The molecule has 0 spiro atoms. The van der Waals surface area contributed by atoms with Gasteiger partial charge in [0, 0.05) is 29.6 Å². The lowest BCUT2D eigenvalue weighted by molar-refractivity contribution is -0.384. The Bertz CT molecular complexity index is 1430. The van der Waals surface area contributed by atoms with Crippen LogP contribution in [0.2, 0.25) is 0 Å². The van der Waals surface area contributed by atoms with Crippen molar-refractivity contribution in [2.75, 3.05) is 19.5 Å². The van der Waals surface area contributed by atoms with Gasteiger partial charge in [-0.3, -0.25) is 10.1 Å². The van der Waals surface area contributed by atoms with E-state index in [1.807, 2.05) is 12.1 Å². The van der Waals surface area contributed by atoms with Gasteiger partial charge in [-0.15, -0.1) is 0 Å². The summed E-state index contributed by atoms with van der Waals surface area (Å²) in [5.41, 5.74) is 5.59. The summed E-state index contributed by atoms with van der Waals surface area (Å²) in [5.74, 6) is -3.07. The van der Waals surface area contributed by atoms with Crippen LogP contribution in [0.1, 0.15) is 42.0 Å². The Hall–Kier alpha value is -5.23. The molecule has 0 saturated carbocycles. The number of pyridine rings is 1. The molecule has 182 valence electrons. The van der Waals surface area contributed by atoms with Crippen LogP contribution >= 0.6 is 0 Å². The predicted molar refractivity (Wildman–Crippen MR) is 125 cm³/mol. The Labute approximate surface area is 205 Å². The van der Waals surface area contributed by atoms with Gasteiger partial charge >= 0.3 is 11.9 Å². The summed E-state index contributed by atoms with van der Waals surface area (Å²) >= 11 is 0. The number of nitro benzene ring substituents is 1. The molecule has 1 aliphatic rings. The number of rotatable bonds is 6. The first kappa shape index (κ1) is 25.4. The number of allylic oxidation sites excluding steroid dienone is 1. The van der Waals surface area contributed by atoms with Crippen molar-refractivity contribution in [2.24, 2.45) is 0 Å². The molecule has 0 amide bonds. The molecule has 1 atom stereocenters. The molecule has 12 heteroatoms. The van der Waals surface area contributed by atoms with E-state index in [2.05, 4.69) is 10.3 Å². The Morgan fingerprint density at radius 3 is 2.56 bits per heavy atom. The summed E-state index contributed by atoms with van der Waals surface area (Å²) in [6, 6.07) is 9.23. The normalized spacial score (nSPS) is 14.9. The quantitative estimate of drug-likeness (QED) is 0.344. The maximum atomic E-state index is 13.2. The molecule has 36 heavy (non-hydrogen) atoms. The Morgan fingerprint density at radius 2 is 1.97 bits per heavy atom. The zero-order valence-electron chi connectivity index (χ0n) is 19.5. The van der Waals surface area contributed by atoms with Crippen molar-refractivity contribution < 1.29 is 24.0 Å². The average Bonchev–Trinajstić information content (AvgIpc) is 2.87. The van der Waals surface area contributed by atoms with E-state index in [1.54, 1.807) is 6.92 Å². The summed E-state index contributed by atoms with van der Waals surface area (Å²) in [4.78, 5) is 41.0. The molecule has 2 aromatic rings. The van der Waals surface area contributed by atoms with Crippen LogP contribution in [0.5, 0.6) is 0 Å². The predicted octanol–water partition coefficient (Wildman–Crippen LogP) is 2.42. The third-order valence-corrected chi connectivity index (χ3v) is 5.47. The SMILES string of the molecule is CCOC(=O)C1=C(C)NC(c2c(C#N)cnc(N)c2C#N)=C(C(=O)OC)C1c1cccc([N+](=O)[O-])c1. The minimum atomic E-state index is -1.21. The minimum Gasteiger partial charge on any atom is -0.466 e. The summed E-state index contributed by atoms with van der Waals surface area (Å²) in [5, 5.41) is 33.9. The largest absolute Gasteiger partial charge is 0.466 e. The number of nitrogens with zero attached hydrogens (tertiary/aromatic N) is 4. The van der Waals surface area contributed by atoms with Crippen LogP contribution in [0.4, 0.5) is 11.5 Å². The monoisotopic (exact) mass is 488 g/mol. The zero-order chi connectivity index (χ0) is 26.6. The molecule has 0 aliphatic carbocycles. The second-order valence-electron chi connectivity index (χ2n) is 7.48. The molecule has 0 bridgehead atoms. The second kappa shape index (κ2) is 10.4. The van der Waals surface area contributed by atoms with E-state index in [0.717, 1.165) is 13.3 Å². The van der Waals surface area contributed by atoms with E-state index in [4.69, 9.17) is 15.2 Å². The van der Waals surface area contributed by atoms with Crippen molar-refractivity contribution in [1.82, 2.24) is 10.3 Å². The molecule has 3 N–H and O–H groups in total. The van der Waals surface area contributed by atoms with E-state index in [9.17, 15) is 30.2 Å². The van der Waals surface area contributed by atoms with Crippen LogP contribution in [0, 0.1) is 32.8 Å². The lowest BCUT2D eigenvalue weighted by atomic mass is 9.78. The molecule has 2 heterocycles. The molecular weight excluding hydrogens is 468 g/mol. The number of aromatic nitrogens is 1. The highest BCUT2D eigenvalue weighted by Gasteiger charge is 2.41. The first-order valence-electron chi connectivity index (χ1n) is 10.5. The number of anilines is 1. The third-order valence-electron chi connectivity index (χ3n) is 5.47. The van der Waals surface area contributed by atoms with Crippen LogP contribution in [-0.2, 0) is 19.1 Å². The van der Waals surface area contributed by atoms with Gasteiger partial charge < -0.3 is 20.5 Å². The minimum absolute atomic E-state index is 0.000501. The number of dihydropyridines is 1. The number of ether oxygens (including phenoxy) is 2. The number of carbonyl (C=O) groups excluding carboxylic acids is 2. The molecule has 0 saturated heterocycles. The summed E-state index contributed by atoms with van der Waals surface area (Å²) in [7, 11) is 1.12. The molecule has 3 rings (SSSR count). The van der Waals surface area contributed by atoms with Gasteiger partial charge in [0.25, 0.3) is 5.69 Å². The fourth-order valence-electron chi connectivity index (χ4n) is 3.97. The topological polar surface area (TPSA) is 194 Å². The molecule has 1 aliphatic heterocycles. The number of benzene rings is 1. The average molecular weight is 488 g/mol. The number of non-ortho nitro benzene ring substituents is 1. The molecule has 0 fully saturated rings. The number of nitriles is 2. The van der Waals surface area contributed by atoms with Crippen molar-refractivity contribution in [3.63, 3.8) is 0 Å². The standard InChI is InChI=1S/C24H20N6O6/c1-4-36-24(32)17-12(2)29-21(18-14(9-25)11-28-22(27)16(18)10-26)20(23(31)35-3)19(17)13-6-5-7-15(8-13)30(33)34/h5-8,11,19,29H,4H2,1-3H3,(H2,27,28). The van der Waals surface area contributed by atoms with Crippen LogP contribution < -0.4 is 11.1 Å². The lowest BCUT2D eigenvalue weighted by Crippen LogP contribution is -2.33. The number of nitro groups is 1. The summed E-state index contributed by atoms with van der Waals surface area (Å²) in [6.45, 7) is 3.17. The first-order valence-corrected chi connectivity index (χ1v) is 10.5. The van der Waals surface area contributed by atoms with Gasteiger partial charge in [-0.05, 0) is 19.4 Å². The maximum Gasteiger partial charge on any atom is 0.336 e. The van der Waals surface area contributed by atoms with E-state index in [1.165, 1.54) is 31.2 Å². The van der Waals surface area contributed by atoms with Crippen molar-refractivity contribution >= 4 is 29.1 Å². The Kier molecular flexibility index (Phi) is 7.31. The number of esters is 2. The van der Waals surface area contributed by atoms with Crippen molar-refractivity contribution in [3.05, 3.63) is 79.7 Å². The maximum absolute atomic E-state index is 13.2. The molecule has 1 aromatic carbocycles. The zero-order valence-corrected chi connectivity index (χ0v) is 19.5. The smallest absolute Gasteiger partial charge is 0.336 e. The molecule has 1 unspecified atom stereocenters.